The van der Waals surface area contributed by atoms with Crippen LogP contribution in [-0.2, 0) is 20.8 Å². The first kappa shape index (κ1) is 11.2. The second kappa shape index (κ2) is 4.74. The molecule has 2 bridgehead atoms. The molecule has 4 atom stereocenters. The summed E-state index contributed by atoms with van der Waals surface area (Å²) in [4.78, 5) is 0. The summed E-state index contributed by atoms with van der Waals surface area (Å²) in [6, 6.07) is 9.99. The van der Waals surface area contributed by atoms with Gasteiger partial charge in [-0.1, -0.05) is 30.3 Å². The van der Waals surface area contributed by atoms with Crippen molar-refractivity contribution in [3.8, 4) is 0 Å². The van der Waals surface area contributed by atoms with Gasteiger partial charge in [0.2, 0.25) is 0 Å². The van der Waals surface area contributed by atoms with E-state index in [0.717, 1.165) is 5.56 Å². The van der Waals surface area contributed by atoms with Crippen LogP contribution in [0.3, 0.4) is 0 Å². The van der Waals surface area contributed by atoms with E-state index < -0.39 is 12.4 Å². The summed E-state index contributed by atoms with van der Waals surface area (Å²) in [6.45, 7) is 1.06. The van der Waals surface area contributed by atoms with E-state index in [1.54, 1.807) is 0 Å². The summed E-state index contributed by atoms with van der Waals surface area (Å²) in [6.07, 6.45) is -0.551. The highest BCUT2D eigenvalue weighted by molar-refractivity contribution is 5.13. The van der Waals surface area contributed by atoms with Crippen molar-refractivity contribution < 1.29 is 19.3 Å². The zero-order valence-electron chi connectivity index (χ0n) is 9.49. The molecule has 0 aliphatic carbocycles. The zero-order valence-corrected chi connectivity index (χ0v) is 9.49. The second-order valence-corrected chi connectivity index (χ2v) is 4.51. The van der Waals surface area contributed by atoms with Gasteiger partial charge in [-0.25, -0.2) is 0 Å². The molecule has 0 radical (unpaired) electrons. The maximum Gasteiger partial charge on any atom is 0.184 e. The van der Waals surface area contributed by atoms with Crippen molar-refractivity contribution in [2.24, 2.45) is 0 Å². The first-order valence-corrected chi connectivity index (χ1v) is 5.93. The lowest BCUT2D eigenvalue weighted by molar-refractivity contribution is -0.193. The Bertz CT molecular complexity index is 367. The summed E-state index contributed by atoms with van der Waals surface area (Å²) in [5.74, 6) is 0. The fourth-order valence-electron chi connectivity index (χ4n) is 2.29. The lowest BCUT2D eigenvalue weighted by Gasteiger charge is -2.30. The Morgan fingerprint density at radius 3 is 2.94 bits per heavy atom. The normalized spacial score (nSPS) is 36.1. The van der Waals surface area contributed by atoms with Gasteiger partial charge in [-0.2, -0.15) is 0 Å². The van der Waals surface area contributed by atoms with Crippen molar-refractivity contribution in [1.29, 1.82) is 0 Å². The fraction of sp³-hybridized carbons (Fsp3) is 0.538. The lowest BCUT2D eigenvalue weighted by Crippen LogP contribution is -2.43. The van der Waals surface area contributed by atoms with E-state index in [9.17, 15) is 5.11 Å². The monoisotopic (exact) mass is 236 g/mol. The van der Waals surface area contributed by atoms with Crippen LogP contribution in [0.1, 0.15) is 12.0 Å². The molecule has 4 nitrogen and oxygen atoms in total. The standard InChI is InChI=1S/C13H16O4/c14-10-6-11(12-8-16-13(10)17-12)15-7-9-4-2-1-3-5-9/h1-5,10-14H,6-8H2/t10-,11+,12-,13-/m0/s1. The summed E-state index contributed by atoms with van der Waals surface area (Å²) in [5, 5.41) is 9.73. The summed E-state index contributed by atoms with van der Waals surface area (Å²) < 4.78 is 16.6. The second-order valence-electron chi connectivity index (χ2n) is 4.51. The number of hydrogen-bond acceptors (Lipinski definition) is 4. The van der Waals surface area contributed by atoms with Gasteiger partial charge in [0.25, 0.3) is 0 Å². The maximum absolute atomic E-state index is 9.73. The average Bonchev–Trinajstić information content (AvgIpc) is 2.80. The van der Waals surface area contributed by atoms with E-state index in [1.165, 1.54) is 0 Å². The maximum atomic E-state index is 9.73. The molecule has 2 aliphatic heterocycles. The third-order valence-corrected chi connectivity index (χ3v) is 3.24. The molecule has 0 spiro atoms. The van der Waals surface area contributed by atoms with Crippen LogP contribution < -0.4 is 0 Å². The zero-order chi connectivity index (χ0) is 11.7. The minimum absolute atomic E-state index is 0.0351. The van der Waals surface area contributed by atoms with E-state index in [-0.39, 0.29) is 12.2 Å². The molecule has 3 rings (SSSR count). The van der Waals surface area contributed by atoms with E-state index in [2.05, 4.69) is 0 Å². The minimum Gasteiger partial charge on any atom is -0.388 e. The van der Waals surface area contributed by atoms with Gasteiger partial charge < -0.3 is 19.3 Å². The van der Waals surface area contributed by atoms with Crippen LogP contribution in [-0.4, -0.2) is 36.3 Å². The Kier molecular flexibility index (Phi) is 3.11. The Labute approximate surface area is 100 Å². The lowest BCUT2D eigenvalue weighted by atomic mass is 10.0. The Morgan fingerprint density at radius 1 is 1.29 bits per heavy atom. The molecule has 92 valence electrons. The minimum atomic E-state index is -0.575. The molecular weight excluding hydrogens is 220 g/mol. The number of fused-ring (bicyclic) bond motifs is 2. The molecular formula is C13H16O4. The molecule has 0 saturated carbocycles. The van der Waals surface area contributed by atoms with Crippen LogP contribution in [0.4, 0.5) is 0 Å². The molecule has 0 amide bonds. The predicted molar refractivity (Wildman–Crippen MR) is 60.3 cm³/mol. The van der Waals surface area contributed by atoms with Crippen LogP contribution in [0, 0.1) is 0 Å². The van der Waals surface area contributed by atoms with Crippen molar-refractivity contribution in [3.05, 3.63) is 35.9 Å². The molecule has 17 heavy (non-hydrogen) atoms. The quantitative estimate of drug-likeness (QED) is 0.853. The summed E-state index contributed by atoms with van der Waals surface area (Å²) in [5.41, 5.74) is 1.13. The topological polar surface area (TPSA) is 47.9 Å². The Morgan fingerprint density at radius 2 is 2.12 bits per heavy atom. The number of aliphatic hydroxyl groups is 1. The number of ether oxygens (including phenoxy) is 3. The van der Waals surface area contributed by atoms with Crippen LogP contribution in [0.2, 0.25) is 0 Å². The highest BCUT2D eigenvalue weighted by Gasteiger charge is 2.43. The van der Waals surface area contributed by atoms with Crippen LogP contribution in [0.25, 0.3) is 0 Å². The SMILES string of the molecule is O[C@H]1C[C@@H](OCc2ccccc2)[C@@H]2CO[C@H]1O2. The molecule has 0 aromatic heterocycles. The summed E-state index contributed by atoms with van der Waals surface area (Å²) >= 11 is 0. The molecule has 4 heteroatoms. The number of benzene rings is 1. The third kappa shape index (κ3) is 2.35. The van der Waals surface area contributed by atoms with Gasteiger partial charge in [0, 0.05) is 6.42 Å². The average molecular weight is 236 g/mol. The van der Waals surface area contributed by atoms with E-state index in [4.69, 9.17) is 14.2 Å². The first-order chi connectivity index (χ1) is 8.33. The highest BCUT2D eigenvalue weighted by atomic mass is 16.7. The van der Waals surface area contributed by atoms with Crippen molar-refractivity contribution >= 4 is 0 Å². The van der Waals surface area contributed by atoms with Gasteiger partial charge in [0.15, 0.2) is 6.29 Å². The fourth-order valence-corrected chi connectivity index (χ4v) is 2.29. The van der Waals surface area contributed by atoms with E-state index >= 15 is 0 Å². The predicted octanol–water partition coefficient (Wildman–Crippen LogP) is 1.08. The van der Waals surface area contributed by atoms with Gasteiger partial charge >= 0.3 is 0 Å². The number of aliphatic hydroxyl groups excluding tert-OH is 1. The molecule has 1 N–H and O–H groups in total. The van der Waals surface area contributed by atoms with Gasteiger partial charge in [-0.15, -0.1) is 0 Å². The van der Waals surface area contributed by atoms with Crippen LogP contribution in [0.15, 0.2) is 30.3 Å². The smallest absolute Gasteiger partial charge is 0.184 e. The number of hydrogen-bond donors (Lipinski definition) is 1. The summed E-state index contributed by atoms with van der Waals surface area (Å²) in [7, 11) is 0. The van der Waals surface area contributed by atoms with Crippen molar-refractivity contribution in [1.82, 2.24) is 0 Å². The Hall–Kier alpha value is -0.940. The molecule has 2 heterocycles. The van der Waals surface area contributed by atoms with Gasteiger partial charge in [-0.05, 0) is 5.56 Å². The van der Waals surface area contributed by atoms with Crippen LogP contribution in [0.5, 0.6) is 0 Å². The molecule has 2 fully saturated rings. The highest BCUT2D eigenvalue weighted by Crippen LogP contribution is 2.29. The Balaban J connectivity index is 1.58. The molecule has 2 aliphatic rings. The van der Waals surface area contributed by atoms with Crippen molar-refractivity contribution in [2.75, 3.05) is 6.61 Å². The molecule has 2 saturated heterocycles. The molecule has 1 aromatic carbocycles. The van der Waals surface area contributed by atoms with Gasteiger partial charge in [0.1, 0.15) is 12.2 Å². The van der Waals surface area contributed by atoms with Crippen molar-refractivity contribution in [2.45, 2.75) is 37.6 Å². The van der Waals surface area contributed by atoms with E-state index in [0.29, 0.717) is 19.6 Å². The van der Waals surface area contributed by atoms with Crippen molar-refractivity contribution in [3.63, 3.8) is 0 Å². The van der Waals surface area contributed by atoms with E-state index in [1.807, 2.05) is 30.3 Å². The van der Waals surface area contributed by atoms with Gasteiger partial charge in [-0.3, -0.25) is 0 Å². The van der Waals surface area contributed by atoms with Gasteiger partial charge in [0.05, 0.1) is 19.3 Å². The number of rotatable bonds is 3. The molecule has 1 aromatic rings. The third-order valence-electron chi connectivity index (χ3n) is 3.24. The largest absolute Gasteiger partial charge is 0.388 e. The first-order valence-electron chi connectivity index (χ1n) is 5.93. The van der Waals surface area contributed by atoms with Crippen LogP contribution >= 0.6 is 0 Å². The molecule has 0 unspecified atom stereocenters.